The Morgan fingerprint density at radius 1 is 1.29 bits per heavy atom. The maximum absolute atomic E-state index is 8.70. The molecule has 5 heteroatoms. The summed E-state index contributed by atoms with van der Waals surface area (Å²) in [5, 5.41) is 9.23. The zero-order valence-electron chi connectivity index (χ0n) is 9.33. The highest BCUT2D eigenvalue weighted by atomic mass is 35.5. The van der Waals surface area contributed by atoms with Crippen molar-refractivity contribution in [3.05, 3.63) is 22.7 Å². The van der Waals surface area contributed by atoms with E-state index in [2.05, 4.69) is 5.48 Å². The van der Waals surface area contributed by atoms with Crippen molar-refractivity contribution < 1.29 is 14.7 Å². The van der Waals surface area contributed by atoms with Crippen molar-refractivity contribution in [2.75, 3.05) is 13.2 Å². The van der Waals surface area contributed by atoms with Crippen molar-refractivity contribution in [3.63, 3.8) is 0 Å². The fourth-order valence-electron chi connectivity index (χ4n) is 2.03. The molecule has 3 rings (SSSR count). The van der Waals surface area contributed by atoms with E-state index < -0.39 is 0 Å². The molecule has 0 bridgehead atoms. The van der Waals surface area contributed by atoms with Crippen molar-refractivity contribution >= 4 is 11.6 Å². The summed E-state index contributed by atoms with van der Waals surface area (Å²) in [6.07, 6.45) is 2.31. The van der Waals surface area contributed by atoms with E-state index in [0.717, 1.165) is 18.4 Å². The number of rotatable bonds is 2. The first-order chi connectivity index (χ1) is 8.22. The van der Waals surface area contributed by atoms with Crippen LogP contribution in [0.1, 0.15) is 18.4 Å². The first-order valence-electron chi connectivity index (χ1n) is 5.67. The topological polar surface area (TPSA) is 50.7 Å². The lowest BCUT2D eigenvalue weighted by molar-refractivity contribution is 0.161. The van der Waals surface area contributed by atoms with E-state index in [9.17, 15) is 0 Å². The van der Waals surface area contributed by atoms with E-state index in [0.29, 0.717) is 36.3 Å². The van der Waals surface area contributed by atoms with E-state index in [1.807, 2.05) is 6.07 Å². The SMILES string of the molecule is ONCc1cc(Cl)c2c(c1)OCC1(CC1)CO2. The number of hydrogen-bond donors (Lipinski definition) is 2. The molecule has 0 atom stereocenters. The average molecular weight is 256 g/mol. The number of fused-ring (bicyclic) bond motifs is 1. The zero-order chi connectivity index (χ0) is 11.9. The minimum Gasteiger partial charge on any atom is -0.489 e. The molecule has 1 aromatic rings. The second kappa shape index (κ2) is 4.05. The standard InChI is InChI=1S/C12H14ClNO3/c13-9-3-8(5-14-15)4-10-11(9)17-7-12(1-2-12)6-16-10/h3-4,14-15H,1-2,5-7H2. The summed E-state index contributed by atoms with van der Waals surface area (Å²) in [5.74, 6) is 1.30. The summed E-state index contributed by atoms with van der Waals surface area (Å²) in [4.78, 5) is 0. The van der Waals surface area contributed by atoms with Gasteiger partial charge in [0, 0.05) is 12.0 Å². The highest BCUT2D eigenvalue weighted by molar-refractivity contribution is 6.32. The Morgan fingerprint density at radius 2 is 2.06 bits per heavy atom. The predicted octanol–water partition coefficient (Wildman–Crippen LogP) is 2.37. The predicted molar refractivity (Wildman–Crippen MR) is 62.7 cm³/mol. The fraction of sp³-hybridized carbons (Fsp3) is 0.500. The van der Waals surface area contributed by atoms with Gasteiger partial charge >= 0.3 is 0 Å². The molecule has 1 aromatic carbocycles. The van der Waals surface area contributed by atoms with Gasteiger partial charge in [-0.15, -0.1) is 0 Å². The van der Waals surface area contributed by atoms with E-state index in [4.69, 9.17) is 26.3 Å². The van der Waals surface area contributed by atoms with Gasteiger partial charge in [-0.3, -0.25) is 0 Å². The van der Waals surface area contributed by atoms with E-state index in [1.165, 1.54) is 0 Å². The van der Waals surface area contributed by atoms with Gasteiger partial charge in [0.1, 0.15) is 0 Å². The van der Waals surface area contributed by atoms with Crippen LogP contribution in [0.5, 0.6) is 11.5 Å². The molecule has 1 saturated carbocycles. The molecule has 1 aliphatic carbocycles. The minimum atomic E-state index is 0.206. The zero-order valence-corrected chi connectivity index (χ0v) is 10.1. The Hall–Kier alpha value is -0.970. The molecule has 2 aliphatic rings. The summed E-state index contributed by atoms with van der Waals surface area (Å²) < 4.78 is 11.5. The molecule has 2 N–H and O–H groups in total. The Balaban J connectivity index is 1.91. The van der Waals surface area contributed by atoms with Gasteiger partial charge < -0.3 is 14.7 Å². The maximum Gasteiger partial charge on any atom is 0.179 e. The normalized spacial score (nSPS) is 20.1. The number of nitrogens with one attached hydrogen (secondary N) is 1. The van der Waals surface area contributed by atoms with Gasteiger partial charge in [-0.2, -0.15) is 0 Å². The van der Waals surface area contributed by atoms with Crippen molar-refractivity contribution in [1.29, 1.82) is 0 Å². The van der Waals surface area contributed by atoms with Gasteiger partial charge in [-0.1, -0.05) is 11.6 Å². The second-order valence-corrected chi connectivity index (χ2v) is 5.22. The number of ether oxygens (including phenoxy) is 2. The van der Waals surface area contributed by atoms with Crippen LogP contribution in [-0.2, 0) is 6.54 Å². The highest BCUT2D eigenvalue weighted by Gasteiger charge is 2.46. The molecular formula is C12H14ClNO3. The third kappa shape index (κ3) is 2.08. The van der Waals surface area contributed by atoms with Crippen LogP contribution in [0.25, 0.3) is 0 Å². The van der Waals surface area contributed by atoms with E-state index >= 15 is 0 Å². The summed E-state index contributed by atoms with van der Waals surface area (Å²) in [6, 6.07) is 3.63. The molecule has 4 nitrogen and oxygen atoms in total. The van der Waals surface area contributed by atoms with E-state index in [1.54, 1.807) is 6.07 Å². The molecule has 1 spiro atoms. The van der Waals surface area contributed by atoms with Gasteiger partial charge in [0.15, 0.2) is 11.5 Å². The second-order valence-electron chi connectivity index (χ2n) is 4.82. The molecule has 92 valence electrons. The molecule has 0 unspecified atom stereocenters. The lowest BCUT2D eigenvalue weighted by Crippen LogP contribution is -2.17. The van der Waals surface area contributed by atoms with Gasteiger partial charge in [-0.05, 0) is 30.5 Å². The molecule has 0 saturated heterocycles. The number of benzene rings is 1. The summed E-state index contributed by atoms with van der Waals surface area (Å²) in [5.41, 5.74) is 3.18. The van der Waals surface area contributed by atoms with Crippen molar-refractivity contribution in [2.24, 2.45) is 5.41 Å². The van der Waals surface area contributed by atoms with Crippen LogP contribution in [0.3, 0.4) is 0 Å². The summed E-state index contributed by atoms with van der Waals surface area (Å²) >= 11 is 6.15. The van der Waals surface area contributed by atoms with Crippen LogP contribution in [0.4, 0.5) is 0 Å². The number of halogens is 1. The molecule has 0 amide bonds. The van der Waals surface area contributed by atoms with Crippen molar-refractivity contribution in [1.82, 2.24) is 5.48 Å². The largest absolute Gasteiger partial charge is 0.489 e. The Morgan fingerprint density at radius 3 is 2.76 bits per heavy atom. The number of hydrogen-bond acceptors (Lipinski definition) is 4. The monoisotopic (exact) mass is 255 g/mol. The van der Waals surface area contributed by atoms with Gasteiger partial charge in [0.05, 0.1) is 18.2 Å². The smallest absolute Gasteiger partial charge is 0.179 e. The van der Waals surface area contributed by atoms with Crippen molar-refractivity contribution in [2.45, 2.75) is 19.4 Å². The number of hydroxylamine groups is 1. The summed E-state index contributed by atoms with van der Waals surface area (Å²) in [7, 11) is 0. The Bertz CT molecular complexity index is 446. The molecule has 1 heterocycles. The van der Waals surface area contributed by atoms with Gasteiger partial charge in [-0.25, -0.2) is 5.48 Å². The first kappa shape index (κ1) is 11.1. The molecule has 1 aliphatic heterocycles. The van der Waals surface area contributed by atoms with Gasteiger partial charge in [0.2, 0.25) is 0 Å². The maximum atomic E-state index is 8.70. The Kier molecular flexibility index (Phi) is 2.65. The quantitative estimate of drug-likeness (QED) is 0.797. The van der Waals surface area contributed by atoms with Crippen LogP contribution >= 0.6 is 11.6 Å². The third-order valence-electron chi connectivity index (χ3n) is 3.37. The van der Waals surface area contributed by atoms with Gasteiger partial charge in [0.25, 0.3) is 0 Å². The third-order valence-corrected chi connectivity index (χ3v) is 3.65. The van der Waals surface area contributed by atoms with Crippen LogP contribution in [0.15, 0.2) is 12.1 Å². The van der Waals surface area contributed by atoms with Crippen LogP contribution in [0, 0.1) is 5.41 Å². The molecule has 1 fully saturated rings. The lowest BCUT2D eigenvalue weighted by atomic mass is 10.1. The lowest BCUT2D eigenvalue weighted by Gasteiger charge is -2.10. The molecular weight excluding hydrogens is 242 g/mol. The first-order valence-corrected chi connectivity index (χ1v) is 6.05. The fourth-order valence-corrected chi connectivity index (χ4v) is 2.31. The van der Waals surface area contributed by atoms with E-state index in [-0.39, 0.29) is 5.41 Å². The van der Waals surface area contributed by atoms with Crippen LogP contribution in [-0.4, -0.2) is 18.4 Å². The van der Waals surface area contributed by atoms with Crippen LogP contribution < -0.4 is 15.0 Å². The molecule has 17 heavy (non-hydrogen) atoms. The summed E-state index contributed by atoms with van der Waals surface area (Å²) in [6.45, 7) is 1.70. The molecule has 0 aromatic heterocycles. The molecule has 0 radical (unpaired) electrons. The van der Waals surface area contributed by atoms with Crippen molar-refractivity contribution in [3.8, 4) is 11.5 Å². The van der Waals surface area contributed by atoms with Crippen LogP contribution in [0.2, 0.25) is 5.02 Å². The Labute approximate surface area is 104 Å². The average Bonchev–Trinajstić information content (AvgIpc) is 3.08. The highest BCUT2D eigenvalue weighted by Crippen LogP contribution is 2.50. The minimum absolute atomic E-state index is 0.206.